The number of alkyl halides is 1. The highest BCUT2D eigenvalue weighted by Gasteiger charge is 2.28. The maximum atomic E-state index is 12.3. The molecule has 1 saturated heterocycles. The van der Waals surface area contributed by atoms with Crippen LogP contribution in [0, 0.1) is 6.92 Å². The highest BCUT2D eigenvalue weighted by Crippen LogP contribution is 2.15. The van der Waals surface area contributed by atoms with Crippen molar-refractivity contribution in [2.45, 2.75) is 26.1 Å². The van der Waals surface area contributed by atoms with Crippen molar-refractivity contribution in [1.82, 2.24) is 9.88 Å². The lowest BCUT2D eigenvalue weighted by Crippen LogP contribution is -2.49. The van der Waals surface area contributed by atoms with Crippen LogP contribution in [0.2, 0.25) is 0 Å². The van der Waals surface area contributed by atoms with Crippen LogP contribution >= 0.6 is 15.9 Å². The van der Waals surface area contributed by atoms with E-state index in [1.165, 1.54) is 0 Å². The van der Waals surface area contributed by atoms with Gasteiger partial charge in [0.25, 0.3) is 5.91 Å². The Hall–Kier alpha value is -0.940. The number of morpholine rings is 1. The van der Waals surface area contributed by atoms with Crippen LogP contribution in [0.5, 0.6) is 0 Å². The molecule has 1 aromatic rings. The summed E-state index contributed by atoms with van der Waals surface area (Å²) in [4.78, 5) is 18.3. The average Bonchev–Trinajstić information content (AvgIpc) is 2.38. The van der Waals surface area contributed by atoms with E-state index in [2.05, 4.69) is 20.9 Å². The Balaban J connectivity index is 2.10. The van der Waals surface area contributed by atoms with Crippen LogP contribution in [-0.2, 0) is 4.74 Å². The molecule has 1 aromatic heterocycles. The van der Waals surface area contributed by atoms with Gasteiger partial charge >= 0.3 is 0 Å². The van der Waals surface area contributed by atoms with E-state index in [0.717, 1.165) is 11.0 Å². The molecule has 0 aliphatic carbocycles. The Kier molecular flexibility index (Phi) is 4.35. The summed E-state index contributed by atoms with van der Waals surface area (Å²) in [5, 5.41) is 0.743. The fraction of sp³-hybridized carbons (Fsp3) is 0.538. The molecule has 18 heavy (non-hydrogen) atoms. The van der Waals surface area contributed by atoms with E-state index >= 15 is 0 Å². The molecule has 98 valence electrons. The number of nitrogens with zero attached hydrogens (tertiary/aromatic N) is 2. The quantitative estimate of drug-likeness (QED) is 0.785. The first-order chi connectivity index (χ1) is 8.60. The molecular weight excluding hydrogens is 296 g/mol. The molecule has 0 radical (unpaired) electrons. The zero-order valence-electron chi connectivity index (χ0n) is 10.6. The van der Waals surface area contributed by atoms with Gasteiger partial charge in [0.05, 0.1) is 17.8 Å². The second kappa shape index (κ2) is 5.80. The van der Waals surface area contributed by atoms with Gasteiger partial charge in [-0.1, -0.05) is 15.9 Å². The molecule has 1 aliphatic heterocycles. The van der Waals surface area contributed by atoms with Gasteiger partial charge in [0.2, 0.25) is 0 Å². The number of aromatic nitrogens is 1. The van der Waals surface area contributed by atoms with Crippen molar-refractivity contribution < 1.29 is 9.53 Å². The zero-order valence-corrected chi connectivity index (χ0v) is 12.2. The summed E-state index contributed by atoms with van der Waals surface area (Å²) < 4.78 is 5.71. The van der Waals surface area contributed by atoms with Crippen molar-refractivity contribution in [2.75, 3.05) is 18.4 Å². The molecule has 4 nitrogen and oxygen atoms in total. The first kappa shape index (κ1) is 13.5. The van der Waals surface area contributed by atoms with Gasteiger partial charge in [0.15, 0.2) is 0 Å². The van der Waals surface area contributed by atoms with Gasteiger partial charge in [-0.3, -0.25) is 9.78 Å². The minimum absolute atomic E-state index is 0.0311. The smallest absolute Gasteiger partial charge is 0.255 e. The molecule has 2 atom stereocenters. The third-order valence-electron chi connectivity index (χ3n) is 2.94. The molecule has 2 heterocycles. The normalized spacial score (nSPS) is 24.1. The van der Waals surface area contributed by atoms with E-state index in [4.69, 9.17) is 4.74 Å². The lowest BCUT2D eigenvalue weighted by molar-refractivity contribution is -0.0559. The van der Waals surface area contributed by atoms with Crippen LogP contribution in [0.3, 0.4) is 0 Å². The van der Waals surface area contributed by atoms with Gasteiger partial charge < -0.3 is 9.64 Å². The van der Waals surface area contributed by atoms with Gasteiger partial charge in [-0.05, 0) is 26.0 Å². The number of aryl methyl sites for hydroxylation is 1. The van der Waals surface area contributed by atoms with Crippen molar-refractivity contribution in [3.05, 3.63) is 29.6 Å². The molecule has 0 bridgehead atoms. The molecule has 2 rings (SSSR count). The summed E-state index contributed by atoms with van der Waals surface area (Å²) in [6.07, 6.45) is 1.78. The molecule has 5 heteroatoms. The Bertz CT molecular complexity index is 422. The largest absolute Gasteiger partial charge is 0.371 e. The van der Waals surface area contributed by atoms with Gasteiger partial charge in [-0.2, -0.15) is 0 Å². The molecule has 1 amide bonds. The van der Waals surface area contributed by atoms with Gasteiger partial charge in [-0.25, -0.2) is 0 Å². The lowest BCUT2D eigenvalue weighted by atomic mass is 10.2. The topological polar surface area (TPSA) is 42.4 Å². The summed E-state index contributed by atoms with van der Waals surface area (Å²) in [7, 11) is 0. The van der Waals surface area contributed by atoms with Crippen LogP contribution < -0.4 is 0 Å². The first-order valence-electron chi connectivity index (χ1n) is 6.03. The summed E-state index contributed by atoms with van der Waals surface area (Å²) >= 11 is 3.41. The Morgan fingerprint density at radius 3 is 2.94 bits per heavy atom. The highest BCUT2D eigenvalue weighted by molar-refractivity contribution is 9.09. The molecular formula is C13H17BrN2O2. The van der Waals surface area contributed by atoms with Crippen molar-refractivity contribution in [2.24, 2.45) is 0 Å². The van der Waals surface area contributed by atoms with Crippen molar-refractivity contribution in [3.8, 4) is 0 Å². The zero-order chi connectivity index (χ0) is 13.1. The van der Waals surface area contributed by atoms with E-state index < -0.39 is 0 Å². The predicted octanol–water partition coefficient (Wildman–Crippen LogP) is 2.01. The number of carbonyl (C=O) groups excluding carboxylic acids is 1. The SMILES string of the molecule is Cc1ccc(C(=O)N2CC(C)OC(CBr)C2)cn1. The van der Waals surface area contributed by atoms with E-state index in [0.29, 0.717) is 18.7 Å². The molecule has 0 aromatic carbocycles. The standard InChI is InChI=1S/C13H17BrN2O2/c1-9-3-4-11(6-15-9)13(17)16-7-10(2)18-12(5-14)8-16/h3-4,6,10,12H,5,7-8H2,1-2H3. The third kappa shape index (κ3) is 3.09. The number of amides is 1. The molecule has 1 aliphatic rings. The van der Waals surface area contributed by atoms with E-state index in [1.54, 1.807) is 6.20 Å². The average molecular weight is 313 g/mol. The predicted molar refractivity (Wildman–Crippen MR) is 73.0 cm³/mol. The first-order valence-corrected chi connectivity index (χ1v) is 7.15. The van der Waals surface area contributed by atoms with Crippen LogP contribution in [0.15, 0.2) is 18.3 Å². The summed E-state index contributed by atoms with van der Waals surface area (Å²) in [5.41, 5.74) is 1.56. The Morgan fingerprint density at radius 1 is 1.56 bits per heavy atom. The van der Waals surface area contributed by atoms with Gasteiger partial charge in [-0.15, -0.1) is 0 Å². The van der Waals surface area contributed by atoms with Crippen LogP contribution in [0.4, 0.5) is 0 Å². The van der Waals surface area contributed by atoms with E-state index in [9.17, 15) is 4.79 Å². The summed E-state index contributed by atoms with van der Waals surface area (Å²) in [5.74, 6) is 0.0311. The number of hydrogen-bond donors (Lipinski definition) is 0. The van der Waals surface area contributed by atoms with Crippen LogP contribution in [0.25, 0.3) is 0 Å². The van der Waals surface area contributed by atoms with Gasteiger partial charge in [0.1, 0.15) is 0 Å². The maximum Gasteiger partial charge on any atom is 0.255 e. The number of halogens is 1. The number of pyridine rings is 1. The maximum absolute atomic E-state index is 12.3. The molecule has 0 N–H and O–H groups in total. The van der Waals surface area contributed by atoms with Crippen LogP contribution in [-0.4, -0.2) is 46.4 Å². The molecule has 2 unspecified atom stereocenters. The van der Waals surface area contributed by atoms with Crippen LogP contribution in [0.1, 0.15) is 23.0 Å². The van der Waals surface area contributed by atoms with Crippen molar-refractivity contribution >= 4 is 21.8 Å². The van der Waals surface area contributed by atoms with E-state index in [1.807, 2.05) is 30.9 Å². The Morgan fingerprint density at radius 2 is 2.33 bits per heavy atom. The summed E-state index contributed by atoms with van der Waals surface area (Å²) in [6, 6.07) is 3.69. The molecule has 1 fully saturated rings. The third-order valence-corrected chi connectivity index (χ3v) is 3.67. The monoisotopic (exact) mass is 312 g/mol. The number of hydrogen-bond acceptors (Lipinski definition) is 3. The second-order valence-electron chi connectivity index (χ2n) is 4.62. The van der Waals surface area contributed by atoms with Crippen molar-refractivity contribution in [1.29, 1.82) is 0 Å². The minimum Gasteiger partial charge on any atom is -0.371 e. The molecule has 0 saturated carbocycles. The van der Waals surface area contributed by atoms with Crippen molar-refractivity contribution in [3.63, 3.8) is 0 Å². The molecule has 0 spiro atoms. The van der Waals surface area contributed by atoms with Gasteiger partial charge in [0, 0.05) is 30.3 Å². The lowest BCUT2D eigenvalue weighted by Gasteiger charge is -2.36. The fourth-order valence-electron chi connectivity index (χ4n) is 2.07. The Labute approximate surface area is 115 Å². The fourth-order valence-corrected chi connectivity index (χ4v) is 2.43. The minimum atomic E-state index is 0.0311. The second-order valence-corrected chi connectivity index (χ2v) is 5.27. The highest BCUT2D eigenvalue weighted by atomic mass is 79.9. The summed E-state index contributed by atoms with van der Waals surface area (Å²) in [6.45, 7) is 5.16. The number of carbonyl (C=O) groups is 1. The number of ether oxygens (including phenoxy) is 1. The number of rotatable bonds is 2. The van der Waals surface area contributed by atoms with E-state index in [-0.39, 0.29) is 18.1 Å².